The maximum atomic E-state index is 6.06. The van der Waals surface area contributed by atoms with Crippen LogP contribution in [0.25, 0.3) is 10.8 Å². The van der Waals surface area contributed by atoms with E-state index in [-0.39, 0.29) is 0 Å². The van der Waals surface area contributed by atoms with Crippen molar-refractivity contribution in [1.29, 1.82) is 0 Å². The first-order valence-electron chi connectivity index (χ1n) is 4.58. The van der Waals surface area contributed by atoms with Crippen LogP contribution in [0.2, 0.25) is 0 Å². The van der Waals surface area contributed by atoms with Crippen molar-refractivity contribution < 1.29 is 0 Å². The van der Waals surface area contributed by atoms with Gasteiger partial charge >= 0.3 is 0 Å². The first-order valence-corrected chi connectivity index (χ1v) is 5.56. The van der Waals surface area contributed by atoms with Crippen molar-refractivity contribution in [3.05, 3.63) is 30.6 Å². The number of benzene rings is 1. The molecule has 0 spiro atoms. The molecular formula is C11H12N2S. The molecule has 0 fully saturated rings. The summed E-state index contributed by atoms with van der Waals surface area (Å²) >= 11 is 1.77. The fourth-order valence-corrected chi connectivity index (χ4v) is 2.19. The van der Waals surface area contributed by atoms with E-state index in [1.54, 1.807) is 18.0 Å². The summed E-state index contributed by atoms with van der Waals surface area (Å²) in [6.07, 6.45) is 3.62. The van der Waals surface area contributed by atoms with E-state index < -0.39 is 0 Å². The molecule has 2 N–H and O–H groups in total. The minimum Gasteiger partial charge on any atom is -0.397 e. The molecule has 1 heterocycles. The quantitative estimate of drug-likeness (QED) is 0.604. The minimum atomic E-state index is 0.872. The Kier molecular flexibility index (Phi) is 2.59. The van der Waals surface area contributed by atoms with Crippen LogP contribution < -0.4 is 5.73 Å². The van der Waals surface area contributed by atoms with Gasteiger partial charge < -0.3 is 5.73 Å². The standard InChI is InChI=1S/C11H12N2S/c1-2-14-10-4-3-8-7-13-6-5-9(8)11(10)12/h3-7H,2,12H2,1H3. The molecule has 1 aromatic carbocycles. The largest absolute Gasteiger partial charge is 0.397 e. The van der Waals surface area contributed by atoms with Crippen LogP contribution in [0.3, 0.4) is 0 Å². The van der Waals surface area contributed by atoms with Gasteiger partial charge in [0.05, 0.1) is 5.69 Å². The van der Waals surface area contributed by atoms with E-state index in [0.717, 1.165) is 27.1 Å². The van der Waals surface area contributed by atoms with Crippen molar-refractivity contribution in [2.75, 3.05) is 11.5 Å². The van der Waals surface area contributed by atoms with E-state index in [4.69, 9.17) is 5.73 Å². The fraction of sp³-hybridized carbons (Fsp3) is 0.182. The van der Waals surface area contributed by atoms with Crippen LogP contribution in [0.1, 0.15) is 6.92 Å². The third kappa shape index (κ3) is 1.55. The Bertz CT molecular complexity index is 454. The molecule has 2 nitrogen and oxygen atoms in total. The number of fused-ring (bicyclic) bond motifs is 1. The Morgan fingerprint density at radius 3 is 3.00 bits per heavy atom. The van der Waals surface area contributed by atoms with E-state index in [2.05, 4.69) is 24.0 Å². The molecular weight excluding hydrogens is 192 g/mol. The van der Waals surface area contributed by atoms with Crippen molar-refractivity contribution in [1.82, 2.24) is 4.98 Å². The molecule has 0 amide bonds. The van der Waals surface area contributed by atoms with Crippen LogP contribution in [0.15, 0.2) is 35.5 Å². The lowest BCUT2D eigenvalue weighted by atomic mass is 10.1. The zero-order chi connectivity index (χ0) is 9.97. The number of nitrogens with zero attached hydrogens (tertiary/aromatic N) is 1. The molecule has 0 atom stereocenters. The average molecular weight is 204 g/mol. The van der Waals surface area contributed by atoms with Gasteiger partial charge in [0.15, 0.2) is 0 Å². The fourth-order valence-electron chi connectivity index (χ4n) is 1.45. The van der Waals surface area contributed by atoms with Crippen molar-refractivity contribution in [3.8, 4) is 0 Å². The smallest absolute Gasteiger partial charge is 0.0533 e. The van der Waals surface area contributed by atoms with Crippen molar-refractivity contribution in [2.45, 2.75) is 11.8 Å². The highest BCUT2D eigenvalue weighted by atomic mass is 32.2. The normalized spacial score (nSPS) is 10.6. The van der Waals surface area contributed by atoms with E-state index in [1.807, 2.05) is 12.3 Å². The first kappa shape index (κ1) is 9.34. The summed E-state index contributed by atoms with van der Waals surface area (Å²) in [5.74, 6) is 1.04. The molecule has 1 aromatic heterocycles. The van der Waals surface area contributed by atoms with E-state index >= 15 is 0 Å². The van der Waals surface area contributed by atoms with Crippen LogP contribution in [-0.4, -0.2) is 10.7 Å². The lowest BCUT2D eigenvalue weighted by Gasteiger charge is -2.06. The topological polar surface area (TPSA) is 38.9 Å². The number of thioether (sulfide) groups is 1. The molecule has 2 aromatic rings. The number of nitrogen functional groups attached to an aromatic ring is 1. The molecule has 0 radical (unpaired) electrons. The lowest BCUT2D eigenvalue weighted by Crippen LogP contribution is -1.91. The third-order valence-corrected chi connectivity index (χ3v) is 3.08. The Morgan fingerprint density at radius 1 is 1.36 bits per heavy atom. The molecule has 14 heavy (non-hydrogen) atoms. The highest BCUT2D eigenvalue weighted by Crippen LogP contribution is 2.31. The molecule has 0 bridgehead atoms. The highest BCUT2D eigenvalue weighted by molar-refractivity contribution is 7.99. The summed E-state index contributed by atoms with van der Waals surface area (Å²) < 4.78 is 0. The van der Waals surface area contributed by atoms with Crippen LogP contribution in [0, 0.1) is 0 Å². The summed E-state index contributed by atoms with van der Waals surface area (Å²) in [7, 11) is 0. The van der Waals surface area contributed by atoms with Gasteiger partial charge in [0, 0.05) is 28.1 Å². The number of hydrogen-bond acceptors (Lipinski definition) is 3. The van der Waals surface area contributed by atoms with Gasteiger partial charge in [-0.05, 0) is 17.9 Å². The van der Waals surface area contributed by atoms with Gasteiger partial charge in [-0.15, -0.1) is 11.8 Å². The number of hydrogen-bond donors (Lipinski definition) is 1. The molecule has 3 heteroatoms. The number of nitrogens with two attached hydrogens (primary N) is 1. The third-order valence-electron chi connectivity index (χ3n) is 2.12. The Balaban J connectivity index is 2.63. The van der Waals surface area contributed by atoms with E-state index in [0.29, 0.717) is 0 Å². The number of aromatic nitrogens is 1. The van der Waals surface area contributed by atoms with Crippen molar-refractivity contribution in [2.24, 2.45) is 0 Å². The van der Waals surface area contributed by atoms with Gasteiger partial charge in [0.2, 0.25) is 0 Å². The summed E-state index contributed by atoms with van der Waals surface area (Å²) in [4.78, 5) is 5.23. The van der Waals surface area contributed by atoms with Crippen LogP contribution in [-0.2, 0) is 0 Å². The number of anilines is 1. The molecule has 0 aliphatic heterocycles. The zero-order valence-electron chi connectivity index (χ0n) is 8.03. The maximum absolute atomic E-state index is 6.06. The zero-order valence-corrected chi connectivity index (χ0v) is 8.84. The first-order chi connectivity index (χ1) is 6.83. The van der Waals surface area contributed by atoms with Crippen molar-refractivity contribution in [3.63, 3.8) is 0 Å². The second-order valence-electron chi connectivity index (χ2n) is 3.01. The molecule has 72 valence electrons. The van der Waals surface area contributed by atoms with Gasteiger partial charge in [-0.2, -0.15) is 0 Å². The van der Waals surface area contributed by atoms with Gasteiger partial charge in [0.1, 0.15) is 0 Å². The molecule has 0 aliphatic carbocycles. The second-order valence-corrected chi connectivity index (χ2v) is 4.31. The molecule has 0 saturated heterocycles. The maximum Gasteiger partial charge on any atom is 0.0533 e. The van der Waals surface area contributed by atoms with Crippen LogP contribution >= 0.6 is 11.8 Å². The summed E-state index contributed by atoms with van der Waals surface area (Å²) in [5, 5.41) is 2.20. The predicted molar refractivity (Wildman–Crippen MR) is 62.6 cm³/mol. The van der Waals surface area contributed by atoms with Gasteiger partial charge in [0.25, 0.3) is 0 Å². The summed E-state index contributed by atoms with van der Waals surface area (Å²) in [6.45, 7) is 2.13. The Labute approximate surface area is 87.5 Å². The molecule has 0 aliphatic rings. The van der Waals surface area contributed by atoms with E-state index in [9.17, 15) is 0 Å². The lowest BCUT2D eigenvalue weighted by molar-refractivity contribution is 1.35. The summed E-state index contributed by atoms with van der Waals surface area (Å²) in [5.41, 5.74) is 6.93. The SMILES string of the molecule is CCSc1ccc2cnccc2c1N. The Hall–Kier alpha value is -1.22. The highest BCUT2D eigenvalue weighted by Gasteiger charge is 2.03. The van der Waals surface area contributed by atoms with Crippen LogP contribution in [0.5, 0.6) is 0 Å². The summed E-state index contributed by atoms with van der Waals surface area (Å²) in [6, 6.07) is 6.09. The minimum absolute atomic E-state index is 0.872. The monoisotopic (exact) mass is 204 g/mol. The van der Waals surface area contributed by atoms with Crippen molar-refractivity contribution >= 4 is 28.2 Å². The second kappa shape index (κ2) is 3.88. The molecule has 0 unspecified atom stereocenters. The van der Waals surface area contributed by atoms with Gasteiger partial charge in [-0.25, -0.2) is 0 Å². The van der Waals surface area contributed by atoms with Crippen LogP contribution in [0.4, 0.5) is 5.69 Å². The molecule has 0 saturated carbocycles. The van der Waals surface area contributed by atoms with Gasteiger partial charge in [-0.3, -0.25) is 4.98 Å². The average Bonchev–Trinajstić information content (AvgIpc) is 2.23. The van der Waals surface area contributed by atoms with Gasteiger partial charge in [-0.1, -0.05) is 13.0 Å². The number of rotatable bonds is 2. The number of pyridine rings is 1. The molecule has 2 rings (SSSR count). The Morgan fingerprint density at radius 2 is 2.21 bits per heavy atom. The predicted octanol–water partition coefficient (Wildman–Crippen LogP) is 2.93. The van der Waals surface area contributed by atoms with E-state index in [1.165, 1.54) is 0 Å².